The van der Waals surface area contributed by atoms with Gasteiger partial charge in [0.05, 0.1) is 13.2 Å². The third-order valence-corrected chi connectivity index (χ3v) is 4.29. The predicted molar refractivity (Wildman–Crippen MR) is 85.3 cm³/mol. The Kier molecular flexibility index (Phi) is 5.09. The molecule has 0 aromatic carbocycles. The lowest BCUT2D eigenvalue weighted by Gasteiger charge is -2.37. The van der Waals surface area contributed by atoms with E-state index in [2.05, 4.69) is 39.4 Å². The molecule has 0 unspecified atom stereocenters. The van der Waals surface area contributed by atoms with Crippen molar-refractivity contribution in [1.29, 1.82) is 0 Å². The van der Waals surface area contributed by atoms with Gasteiger partial charge in [-0.2, -0.15) is 17.7 Å². The van der Waals surface area contributed by atoms with Gasteiger partial charge in [0, 0.05) is 25.7 Å². The van der Waals surface area contributed by atoms with Gasteiger partial charge in [0.15, 0.2) is 5.65 Å². The molecular weight excluding hydrogens is 337 g/mol. The molecule has 0 spiro atoms. The molecule has 3 heterocycles. The van der Waals surface area contributed by atoms with Crippen LogP contribution in [0, 0.1) is 5.92 Å². The van der Waals surface area contributed by atoms with Crippen LogP contribution in [0.5, 0.6) is 0 Å². The molecule has 1 fully saturated rings. The number of morpholine rings is 1. The normalized spacial score (nSPS) is 18.0. The summed E-state index contributed by atoms with van der Waals surface area (Å²) >= 11 is 0. The molecule has 1 N–H and O–H groups in total. The van der Waals surface area contributed by atoms with E-state index in [1.54, 1.807) is 6.07 Å². The van der Waals surface area contributed by atoms with Crippen molar-refractivity contribution in [3.63, 3.8) is 0 Å². The van der Waals surface area contributed by atoms with Crippen LogP contribution >= 0.6 is 0 Å². The van der Waals surface area contributed by atoms with E-state index in [-0.39, 0.29) is 11.7 Å². The van der Waals surface area contributed by atoms with Crippen LogP contribution in [-0.4, -0.2) is 63.6 Å². The minimum atomic E-state index is -4.60. The summed E-state index contributed by atoms with van der Waals surface area (Å²) < 4.78 is 44.9. The van der Waals surface area contributed by atoms with Crippen LogP contribution in [-0.2, 0) is 10.9 Å². The van der Waals surface area contributed by atoms with E-state index in [1.807, 2.05) is 0 Å². The zero-order valence-electron chi connectivity index (χ0n) is 14.1. The van der Waals surface area contributed by atoms with Crippen molar-refractivity contribution in [2.45, 2.75) is 26.1 Å². The molecule has 0 radical (unpaired) electrons. The van der Waals surface area contributed by atoms with E-state index < -0.39 is 12.0 Å². The number of nitrogens with zero attached hydrogens (tertiary/aromatic N) is 5. The van der Waals surface area contributed by atoms with Crippen LogP contribution in [0.1, 0.15) is 19.7 Å². The van der Waals surface area contributed by atoms with E-state index in [1.165, 1.54) is 6.07 Å². The molecule has 0 amide bonds. The molecule has 3 rings (SSSR count). The smallest absolute Gasteiger partial charge is 0.379 e. The van der Waals surface area contributed by atoms with Gasteiger partial charge in [0.25, 0.3) is 5.82 Å². The molecule has 1 aliphatic rings. The Hall–Kier alpha value is -1.94. The first-order valence-electron chi connectivity index (χ1n) is 8.21. The second-order valence-corrected chi connectivity index (χ2v) is 6.35. The number of alkyl halides is 3. The average molecular weight is 358 g/mol. The molecule has 10 heteroatoms. The van der Waals surface area contributed by atoms with Gasteiger partial charge in [-0.05, 0) is 18.1 Å². The SMILES string of the molecule is CC(C)[C@@H](CNc1ccc2nnc(C(F)(F)F)n2n1)N1CCOCC1. The van der Waals surface area contributed by atoms with E-state index >= 15 is 0 Å². The Bertz CT molecular complexity index is 711. The van der Waals surface area contributed by atoms with Crippen molar-refractivity contribution < 1.29 is 17.9 Å². The minimum Gasteiger partial charge on any atom is -0.379 e. The highest BCUT2D eigenvalue weighted by molar-refractivity contribution is 5.44. The number of fused-ring (bicyclic) bond motifs is 1. The summed E-state index contributed by atoms with van der Waals surface area (Å²) in [5, 5.41) is 13.8. The van der Waals surface area contributed by atoms with Gasteiger partial charge in [0.2, 0.25) is 0 Å². The summed E-state index contributed by atoms with van der Waals surface area (Å²) in [5.41, 5.74) is 0.0615. The van der Waals surface area contributed by atoms with Crippen LogP contribution in [0.25, 0.3) is 5.65 Å². The molecule has 1 saturated heterocycles. The molecule has 0 saturated carbocycles. The third-order valence-electron chi connectivity index (χ3n) is 4.29. The molecule has 25 heavy (non-hydrogen) atoms. The first-order chi connectivity index (χ1) is 11.9. The van der Waals surface area contributed by atoms with Crippen molar-refractivity contribution in [2.75, 3.05) is 38.2 Å². The Balaban J connectivity index is 1.75. The maximum atomic E-state index is 12.9. The van der Waals surface area contributed by atoms with Crippen molar-refractivity contribution in [3.05, 3.63) is 18.0 Å². The van der Waals surface area contributed by atoms with E-state index in [4.69, 9.17) is 4.74 Å². The monoisotopic (exact) mass is 358 g/mol. The van der Waals surface area contributed by atoms with E-state index in [9.17, 15) is 13.2 Å². The van der Waals surface area contributed by atoms with Gasteiger partial charge in [-0.25, -0.2) is 0 Å². The maximum Gasteiger partial charge on any atom is 0.453 e. The Morgan fingerprint density at radius 3 is 2.56 bits per heavy atom. The van der Waals surface area contributed by atoms with Gasteiger partial charge in [0.1, 0.15) is 5.82 Å². The number of halogens is 3. The molecule has 138 valence electrons. The van der Waals surface area contributed by atoms with Crippen LogP contribution in [0.4, 0.5) is 19.0 Å². The Morgan fingerprint density at radius 2 is 1.92 bits per heavy atom. The highest BCUT2D eigenvalue weighted by atomic mass is 19.4. The zero-order valence-corrected chi connectivity index (χ0v) is 14.1. The Morgan fingerprint density at radius 1 is 1.20 bits per heavy atom. The first-order valence-corrected chi connectivity index (χ1v) is 8.21. The molecule has 2 aromatic heterocycles. The predicted octanol–water partition coefficient (Wildman–Crippen LogP) is 1.91. The molecule has 7 nitrogen and oxygen atoms in total. The highest BCUT2D eigenvalue weighted by Gasteiger charge is 2.37. The number of ether oxygens (including phenoxy) is 1. The van der Waals surface area contributed by atoms with Gasteiger partial charge in [-0.3, -0.25) is 4.90 Å². The lowest BCUT2D eigenvalue weighted by molar-refractivity contribution is -0.146. The van der Waals surface area contributed by atoms with Crippen LogP contribution in [0.15, 0.2) is 12.1 Å². The minimum absolute atomic E-state index is 0.0615. The zero-order chi connectivity index (χ0) is 18.0. The second-order valence-electron chi connectivity index (χ2n) is 6.35. The summed E-state index contributed by atoms with van der Waals surface area (Å²) in [4.78, 5) is 2.33. The highest BCUT2D eigenvalue weighted by Crippen LogP contribution is 2.27. The standard InChI is InChI=1S/C15H21F3N6O/c1-10(2)11(23-5-7-25-8-6-23)9-19-12-3-4-13-20-21-14(15(16,17)18)24(13)22-12/h3-4,10-11H,5-9H2,1-2H3,(H,19,22)/t11-/m1/s1. The fourth-order valence-electron chi connectivity index (χ4n) is 2.96. The van der Waals surface area contributed by atoms with Crippen molar-refractivity contribution >= 4 is 11.5 Å². The van der Waals surface area contributed by atoms with Gasteiger partial charge < -0.3 is 10.1 Å². The van der Waals surface area contributed by atoms with Gasteiger partial charge >= 0.3 is 6.18 Å². The van der Waals surface area contributed by atoms with Crippen LogP contribution < -0.4 is 5.32 Å². The summed E-state index contributed by atoms with van der Waals surface area (Å²) in [5.74, 6) is -0.383. The average Bonchev–Trinajstić information content (AvgIpc) is 2.99. The maximum absolute atomic E-state index is 12.9. The number of hydrogen-bond donors (Lipinski definition) is 1. The molecule has 0 aliphatic carbocycles. The van der Waals surface area contributed by atoms with Crippen molar-refractivity contribution in [3.8, 4) is 0 Å². The summed E-state index contributed by atoms with van der Waals surface area (Å²) in [6.45, 7) is 7.92. The summed E-state index contributed by atoms with van der Waals surface area (Å²) in [6.07, 6.45) is -4.60. The lowest BCUT2D eigenvalue weighted by atomic mass is 10.0. The first kappa shape index (κ1) is 17.9. The number of hydrogen-bond acceptors (Lipinski definition) is 6. The number of nitrogens with one attached hydrogen (secondary N) is 1. The molecule has 0 bridgehead atoms. The summed E-state index contributed by atoms with van der Waals surface area (Å²) in [6, 6.07) is 3.32. The van der Waals surface area contributed by atoms with Gasteiger partial charge in [-0.1, -0.05) is 13.8 Å². The van der Waals surface area contributed by atoms with E-state index in [0.29, 0.717) is 31.5 Å². The molecule has 1 atom stereocenters. The topological polar surface area (TPSA) is 67.6 Å². The Labute approximate surface area is 143 Å². The quantitative estimate of drug-likeness (QED) is 0.881. The molecule has 2 aromatic rings. The van der Waals surface area contributed by atoms with Crippen molar-refractivity contribution in [2.24, 2.45) is 5.92 Å². The van der Waals surface area contributed by atoms with Gasteiger partial charge in [-0.15, -0.1) is 15.3 Å². The second kappa shape index (κ2) is 7.12. The molecular formula is C15H21F3N6O. The summed E-state index contributed by atoms with van der Waals surface area (Å²) in [7, 11) is 0. The third kappa shape index (κ3) is 4.01. The fraction of sp³-hybridized carbons (Fsp3) is 0.667. The van der Waals surface area contributed by atoms with Crippen LogP contribution in [0.2, 0.25) is 0 Å². The van der Waals surface area contributed by atoms with Crippen molar-refractivity contribution in [1.82, 2.24) is 24.7 Å². The van der Waals surface area contributed by atoms with Crippen LogP contribution in [0.3, 0.4) is 0 Å². The largest absolute Gasteiger partial charge is 0.453 e. The molecule has 1 aliphatic heterocycles. The number of aromatic nitrogens is 4. The number of anilines is 1. The number of rotatable bonds is 5. The fourth-order valence-corrected chi connectivity index (χ4v) is 2.96. The van der Waals surface area contributed by atoms with E-state index in [0.717, 1.165) is 17.6 Å². The lowest BCUT2D eigenvalue weighted by Crippen LogP contribution is -2.49.